The molecule has 0 bridgehead atoms. The maximum Gasteiger partial charge on any atom is 0.407 e. The lowest BCUT2D eigenvalue weighted by Gasteiger charge is -2.32. The number of benzene rings is 6. The number of alkyl carbamates (subject to hydrolysis) is 2. The molecule has 3 unspecified atom stereocenters. The van der Waals surface area contributed by atoms with Gasteiger partial charge in [-0.1, -0.05) is 90.9 Å². The van der Waals surface area contributed by atoms with Gasteiger partial charge in [0.05, 0.1) is 19.8 Å². The molecule has 0 aliphatic heterocycles. The van der Waals surface area contributed by atoms with E-state index in [9.17, 15) is 24.0 Å². The van der Waals surface area contributed by atoms with Gasteiger partial charge in [0.25, 0.3) is 0 Å². The zero-order chi connectivity index (χ0) is 65.5. The second-order valence-corrected chi connectivity index (χ2v) is 25.1. The van der Waals surface area contributed by atoms with Gasteiger partial charge in [0.1, 0.15) is 75.2 Å². The summed E-state index contributed by atoms with van der Waals surface area (Å²) in [4.78, 5) is 64.5. The Balaban J connectivity index is 1.21. The van der Waals surface area contributed by atoms with Crippen LogP contribution >= 0.6 is 70.1 Å². The van der Waals surface area contributed by atoms with Crippen LogP contribution in [-0.4, -0.2) is 132 Å². The van der Waals surface area contributed by atoms with Gasteiger partial charge in [-0.05, 0) is 154 Å². The van der Waals surface area contributed by atoms with Crippen molar-refractivity contribution in [2.75, 3.05) is 83.3 Å². The summed E-state index contributed by atoms with van der Waals surface area (Å²) in [7, 11) is 0. The maximum absolute atomic E-state index is 13.0. The predicted molar refractivity (Wildman–Crippen MR) is 360 cm³/mol. The van der Waals surface area contributed by atoms with Crippen molar-refractivity contribution in [3.8, 4) is 17.2 Å². The number of esters is 3. The van der Waals surface area contributed by atoms with Crippen molar-refractivity contribution in [2.45, 2.75) is 66.1 Å². The zero-order valence-corrected chi connectivity index (χ0v) is 55.7. The van der Waals surface area contributed by atoms with Gasteiger partial charge in [-0.3, -0.25) is 5.32 Å². The Morgan fingerprint density at radius 3 is 1.05 bits per heavy atom. The highest BCUT2D eigenvalue weighted by Crippen LogP contribution is 2.41. The summed E-state index contributed by atoms with van der Waals surface area (Å²) in [5.74, 6) is 1.34. The number of hydrogen-bond acceptors (Lipinski definition) is 18. The smallest absolute Gasteiger partial charge is 0.407 e. The monoisotopic (exact) mass is 1360 g/mol. The molecule has 0 aromatic heterocycles. The average molecular weight is 1360 g/mol. The molecule has 91 heavy (non-hydrogen) atoms. The summed E-state index contributed by atoms with van der Waals surface area (Å²) >= 11 is 23.0. The SMILES string of the molecule is C=C(C)C(=O)OCCNCOC(COc1ccc(C(C)(c2ccc(OCC(CSc3ccc(Cl)cc3)OC(=O)NCCOC(=O)C(=C)C)cc2)c2ccc(OCC(CSc3ccc(Cl)cc3)OC(=O)NCCOC(=O)C(=C)C)cc2)cc1)CSc1ccc(Cl)cc1. The lowest BCUT2D eigenvalue weighted by molar-refractivity contribution is -0.139. The van der Waals surface area contributed by atoms with E-state index in [0.717, 1.165) is 31.4 Å². The predicted octanol–water partition coefficient (Wildman–Crippen LogP) is 14.0. The molecule has 0 radical (unpaired) electrons. The van der Waals surface area contributed by atoms with Crippen molar-refractivity contribution in [3.05, 3.63) is 214 Å². The van der Waals surface area contributed by atoms with Crippen LogP contribution in [0.15, 0.2) is 197 Å². The van der Waals surface area contributed by atoms with Crippen molar-refractivity contribution >= 4 is 100 Å². The van der Waals surface area contributed by atoms with Crippen molar-refractivity contribution in [1.82, 2.24) is 16.0 Å². The summed E-state index contributed by atoms with van der Waals surface area (Å²) in [6.45, 7) is 18.5. The second-order valence-electron chi connectivity index (χ2n) is 20.5. The van der Waals surface area contributed by atoms with Gasteiger partial charge < -0.3 is 53.3 Å². The standard InChI is InChI=1S/C68H74Cl3N3O14S3/c1-45(2)63(75)80-35-32-72-44-86-57(41-89-60-26-14-51(69)15-27-60)38-83-54-20-8-48(9-21-54)68(7,49-10-22-55(23-11-49)84-39-58(42-90-61-28-16-52(70)17-29-61)87-66(78)73-33-36-81-64(76)46(3)4)50-12-24-56(25-13-50)85-40-59(43-91-62-30-18-53(71)19-31-62)88-67(79)74-34-37-82-65(77)47(5)6/h8-31,57-59,72H,1,3,5,32-44H2,2,4,6-7H3,(H,73,78)(H,74,79). The number of halogens is 3. The van der Waals surface area contributed by atoms with Gasteiger partial charge in [-0.2, -0.15) is 0 Å². The lowest BCUT2D eigenvalue weighted by Crippen LogP contribution is -2.35. The highest BCUT2D eigenvalue weighted by molar-refractivity contribution is 7.99. The van der Waals surface area contributed by atoms with Gasteiger partial charge in [-0.15, -0.1) is 35.3 Å². The molecule has 23 heteroatoms. The molecule has 6 aromatic carbocycles. The second kappa shape index (κ2) is 38.5. The summed E-state index contributed by atoms with van der Waals surface area (Å²) in [6, 6.07) is 45.5. The van der Waals surface area contributed by atoms with Gasteiger partial charge in [0.2, 0.25) is 0 Å². The van der Waals surface area contributed by atoms with E-state index in [-0.39, 0.29) is 76.7 Å². The van der Waals surface area contributed by atoms with E-state index in [1.165, 1.54) is 37.4 Å². The van der Waals surface area contributed by atoms with Gasteiger partial charge in [0, 0.05) is 75.7 Å². The van der Waals surface area contributed by atoms with Gasteiger partial charge in [0.15, 0.2) is 0 Å². The summed E-state index contributed by atoms with van der Waals surface area (Å²) in [5.41, 5.74) is 2.75. The first-order valence-electron chi connectivity index (χ1n) is 28.8. The summed E-state index contributed by atoms with van der Waals surface area (Å²) in [6.07, 6.45) is -3.18. The third-order valence-electron chi connectivity index (χ3n) is 13.1. The Morgan fingerprint density at radius 1 is 0.440 bits per heavy atom. The first-order valence-corrected chi connectivity index (χ1v) is 32.9. The number of nitrogens with one attached hydrogen (secondary N) is 3. The minimum atomic E-state index is -0.796. The maximum atomic E-state index is 13.0. The average Bonchev–Trinajstić information content (AvgIpc) is 0.875. The van der Waals surface area contributed by atoms with Crippen LogP contribution in [0.25, 0.3) is 0 Å². The molecular weight excluding hydrogens is 1290 g/mol. The van der Waals surface area contributed by atoms with Gasteiger partial charge >= 0.3 is 30.1 Å². The summed E-state index contributed by atoms with van der Waals surface area (Å²) in [5, 5.41) is 10.2. The van der Waals surface area contributed by atoms with Gasteiger partial charge in [-0.25, -0.2) is 24.0 Å². The Bertz CT molecular complexity index is 3180. The Kier molecular flexibility index (Phi) is 30.8. The minimum Gasteiger partial charge on any atom is -0.491 e. The van der Waals surface area contributed by atoms with Crippen molar-refractivity contribution < 1.29 is 66.6 Å². The molecule has 6 aromatic rings. The van der Waals surface area contributed by atoms with E-state index in [1.54, 1.807) is 43.0 Å². The Hall–Kier alpha value is -7.27. The van der Waals surface area contributed by atoms with Crippen molar-refractivity contribution in [3.63, 3.8) is 0 Å². The molecule has 3 N–H and O–H groups in total. The third-order valence-corrected chi connectivity index (χ3v) is 17.3. The number of thioether (sulfide) groups is 3. The van der Waals surface area contributed by atoms with E-state index >= 15 is 0 Å². The number of rotatable bonds is 38. The molecule has 0 aliphatic rings. The van der Waals surface area contributed by atoms with Crippen molar-refractivity contribution in [1.29, 1.82) is 0 Å². The number of amides is 2. The quantitative estimate of drug-likeness (QED) is 0.00627. The fourth-order valence-electron chi connectivity index (χ4n) is 8.07. The topological polar surface area (TPSA) is 205 Å². The van der Waals surface area contributed by atoms with E-state index in [0.29, 0.717) is 61.7 Å². The van der Waals surface area contributed by atoms with Crippen LogP contribution in [0.4, 0.5) is 9.59 Å². The number of carbonyl (C=O) groups is 5. The summed E-state index contributed by atoms with van der Waals surface area (Å²) < 4.78 is 52.4. The van der Waals surface area contributed by atoms with Crippen LogP contribution < -0.4 is 30.2 Å². The largest absolute Gasteiger partial charge is 0.491 e. The number of ether oxygens (including phenoxy) is 9. The molecule has 0 aliphatic carbocycles. The highest BCUT2D eigenvalue weighted by atomic mass is 35.5. The fraction of sp³-hybridized carbons (Fsp3) is 0.309. The zero-order valence-electron chi connectivity index (χ0n) is 51.0. The number of carbonyl (C=O) groups excluding carboxylic acids is 5. The number of hydrogen-bond donors (Lipinski definition) is 3. The fourth-order valence-corrected chi connectivity index (χ4v) is 11.1. The Labute approximate surface area is 559 Å². The van der Waals surface area contributed by atoms with Crippen molar-refractivity contribution in [2.24, 2.45) is 0 Å². The van der Waals surface area contributed by atoms with E-state index in [1.807, 2.05) is 121 Å². The molecule has 3 atom stereocenters. The molecule has 0 heterocycles. The first-order chi connectivity index (χ1) is 43.7. The highest BCUT2D eigenvalue weighted by Gasteiger charge is 2.32. The molecule has 0 fully saturated rings. The lowest BCUT2D eigenvalue weighted by atomic mass is 9.71. The van der Waals surface area contributed by atoms with Crippen LogP contribution in [0, 0.1) is 0 Å². The molecular formula is C68H74Cl3N3O14S3. The van der Waals surface area contributed by atoms with Crippen LogP contribution in [0.1, 0.15) is 44.4 Å². The van der Waals surface area contributed by atoms with E-state index in [4.69, 9.17) is 77.4 Å². The first kappa shape index (κ1) is 72.8. The van der Waals surface area contributed by atoms with E-state index in [2.05, 4.69) is 42.6 Å². The molecule has 0 saturated carbocycles. The molecule has 484 valence electrons. The molecule has 0 saturated heterocycles. The van der Waals surface area contributed by atoms with Crippen LogP contribution in [-0.2, 0) is 48.2 Å². The molecule has 17 nitrogen and oxygen atoms in total. The normalized spacial score (nSPS) is 12.6. The Morgan fingerprint density at radius 2 is 0.736 bits per heavy atom. The van der Waals surface area contributed by atoms with Crippen LogP contribution in [0.5, 0.6) is 17.2 Å². The molecule has 2 amide bonds. The molecule has 0 spiro atoms. The van der Waals surface area contributed by atoms with E-state index < -0.39 is 47.7 Å². The minimum absolute atomic E-state index is 0.0106. The van der Waals surface area contributed by atoms with Crippen LogP contribution in [0.2, 0.25) is 15.1 Å². The van der Waals surface area contributed by atoms with Crippen LogP contribution in [0.3, 0.4) is 0 Å². The third kappa shape index (κ3) is 26.1. The molecule has 6 rings (SSSR count).